The number of aromatic nitrogens is 4. The number of aromatic hydroxyl groups is 1. The summed E-state index contributed by atoms with van der Waals surface area (Å²) in [6.45, 7) is 1.94. The minimum atomic E-state index is -1.07. The van der Waals surface area contributed by atoms with Gasteiger partial charge in [0.05, 0.1) is 79.4 Å². The van der Waals surface area contributed by atoms with E-state index in [1.54, 1.807) is 41.1 Å². The van der Waals surface area contributed by atoms with Gasteiger partial charge in [0.1, 0.15) is 17.4 Å². The van der Waals surface area contributed by atoms with Gasteiger partial charge in [0, 0.05) is 23.9 Å². The van der Waals surface area contributed by atoms with Gasteiger partial charge >= 0.3 is 0 Å². The first kappa shape index (κ1) is 34.7. The monoisotopic (exact) mass is 731 g/mol. The van der Waals surface area contributed by atoms with E-state index in [9.17, 15) is 29.1 Å². The first-order valence-electron chi connectivity index (χ1n) is 17.3. The lowest BCUT2D eigenvalue weighted by molar-refractivity contribution is -0.136. The number of carbonyl (C=O) groups excluding carboxylic acids is 5. The number of piperidine rings is 1. The van der Waals surface area contributed by atoms with Gasteiger partial charge in [-0.1, -0.05) is 41.6 Å². The van der Waals surface area contributed by atoms with Crippen LogP contribution in [0.3, 0.4) is 0 Å². The third kappa shape index (κ3) is 6.25. The van der Waals surface area contributed by atoms with Crippen LogP contribution in [0.4, 0.5) is 5.69 Å². The van der Waals surface area contributed by atoms with Crippen LogP contribution in [0.2, 0.25) is 0 Å². The van der Waals surface area contributed by atoms with Gasteiger partial charge in [-0.05, 0) is 36.8 Å². The number of imide groups is 2. The van der Waals surface area contributed by atoms with Crippen LogP contribution < -0.4 is 5.32 Å². The number of benzene rings is 3. The highest BCUT2D eigenvalue weighted by atomic mass is 16.5. The zero-order chi connectivity index (χ0) is 37.3. The van der Waals surface area contributed by atoms with E-state index in [0.717, 1.165) is 15.8 Å². The van der Waals surface area contributed by atoms with Crippen LogP contribution in [0.25, 0.3) is 16.6 Å². The van der Waals surface area contributed by atoms with Crippen LogP contribution in [0.5, 0.6) is 5.88 Å². The van der Waals surface area contributed by atoms with Crippen molar-refractivity contribution in [3.05, 3.63) is 101 Å². The Morgan fingerprint density at radius 1 is 0.796 bits per heavy atom. The third-order valence-electron chi connectivity index (χ3n) is 9.46. The number of amides is 4. The summed E-state index contributed by atoms with van der Waals surface area (Å²) in [6.07, 6.45) is 1.67. The molecule has 1 saturated heterocycles. The zero-order valence-electron chi connectivity index (χ0n) is 28.8. The van der Waals surface area contributed by atoms with Gasteiger partial charge in [0.2, 0.25) is 23.5 Å². The van der Waals surface area contributed by atoms with E-state index in [0.29, 0.717) is 61.2 Å². The predicted molar refractivity (Wildman–Crippen MR) is 190 cm³/mol. The molecule has 3 aromatic carbocycles. The van der Waals surface area contributed by atoms with Crippen LogP contribution in [0.1, 0.15) is 55.2 Å². The van der Waals surface area contributed by atoms with Crippen molar-refractivity contribution in [2.45, 2.75) is 32.0 Å². The second-order valence-corrected chi connectivity index (χ2v) is 12.8. The fourth-order valence-electron chi connectivity index (χ4n) is 6.92. The Bertz CT molecular complexity index is 2380. The van der Waals surface area contributed by atoms with Crippen molar-refractivity contribution in [3.63, 3.8) is 0 Å². The molecule has 1 unspecified atom stereocenters. The van der Waals surface area contributed by atoms with Crippen molar-refractivity contribution < 1.29 is 43.3 Å². The number of para-hydroxylation sites is 2. The van der Waals surface area contributed by atoms with E-state index in [-0.39, 0.29) is 54.6 Å². The van der Waals surface area contributed by atoms with Gasteiger partial charge < -0.3 is 23.9 Å². The van der Waals surface area contributed by atoms with E-state index < -0.39 is 29.7 Å². The highest BCUT2D eigenvalue weighted by Crippen LogP contribution is 2.37. The lowest BCUT2D eigenvalue weighted by atomic mass is 10.0. The summed E-state index contributed by atoms with van der Waals surface area (Å²) in [6, 6.07) is 18.3. The summed E-state index contributed by atoms with van der Waals surface area (Å²) in [4.78, 5) is 69.2. The van der Waals surface area contributed by atoms with E-state index in [4.69, 9.17) is 14.2 Å². The van der Waals surface area contributed by atoms with Crippen molar-refractivity contribution in [1.29, 1.82) is 0 Å². The number of ketones is 1. The number of hydrogen-bond donors (Lipinski definition) is 2. The molecule has 0 saturated carbocycles. The summed E-state index contributed by atoms with van der Waals surface area (Å²) in [5.74, 6) is -2.63. The molecule has 16 nitrogen and oxygen atoms in total. The molecule has 1 fully saturated rings. The fourth-order valence-corrected chi connectivity index (χ4v) is 6.92. The Kier molecular flexibility index (Phi) is 9.37. The second-order valence-electron chi connectivity index (χ2n) is 12.8. The summed E-state index contributed by atoms with van der Waals surface area (Å²) in [5.41, 5.74) is 3.54. The minimum Gasteiger partial charge on any atom is -0.494 e. The van der Waals surface area contributed by atoms with Crippen LogP contribution in [0.15, 0.2) is 77.9 Å². The number of nitrogens with zero attached hydrogens (tertiary/aromatic N) is 6. The lowest BCUT2D eigenvalue weighted by Gasteiger charge is -2.27. The largest absolute Gasteiger partial charge is 0.494 e. The SMILES string of the molecule is O=C1CCC(N2C(=O)c3cccc(-n4cc(COCCOCCOCCn5c(O)c(C6=Nc7ccccc7C6=O)c6ccccc65)nn4)c3C2=O)C(=O)N1. The Balaban J connectivity index is 0.786. The number of ether oxygens (including phenoxy) is 3. The van der Waals surface area contributed by atoms with E-state index >= 15 is 0 Å². The maximum absolute atomic E-state index is 13.4. The number of aliphatic imine (C=N–C) groups is 1. The number of carbonyl (C=O) groups is 5. The van der Waals surface area contributed by atoms with Crippen molar-refractivity contribution in [3.8, 4) is 11.6 Å². The Hall–Kier alpha value is -6.36. The number of Topliss-reactive ketones (excluding diaryl/α,β-unsaturated/α-hetero) is 1. The number of hydrogen-bond acceptors (Lipinski definition) is 12. The molecule has 8 rings (SSSR count). The van der Waals surface area contributed by atoms with Crippen LogP contribution in [-0.2, 0) is 37.0 Å². The van der Waals surface area contributed by atoms with Gasteiger partial charge in [-0.25, -0.2) is 9.67 Å². The minimum absolute atomic E-state index is 0.0288. The summed E-state index contributed by atoms with van der Waals surface area (Å²) >= 11 is 0. The summed E-state index contributed by atoms with van der Waals surface area (Å²) in [5, 5.41) is 22.4. The zero-order valence-corrected chi connectivity index (χ0v) is 28.8. The molecule has 0 radical (unpaired) electrons. The smallest absolute Gasteiger partial charge is 0.264 e. The van der Waals surface area contributed by atoms with Gasteiger partial charge in [-0.3, -0.25) is 34.2 Å². The molecule has 1 atom stereocenters. The van der Waals surface area contributed by atoms with Crippen molar-refractivity contribution in [1.82, 2.24) is 29.8 Å². The van der Waals surface area contributed by atoms with Gasteiger partial charge in [-0.15, -0.1) is 5.10 Å². The fraction of sp³-hybridized carbons (Fsp3) is 0.263. The van der Waals surface area contributed by atoms with Gasteiger partial charge in [-0.2, -0.15) is 0 Å². The molecule has 0 aliphatic carbocycles. The Morgan fingerprint density at radius 2 is 1.54 bits per heavy atom. The first-order valence-corrected chi connectivity index (χ1v) is 17.3. The average molecular weight is 732 g/mol. The van der Waals surface area contributed by atoms with Crippen LogP contribution in [0, 0.1) is 0 Å². The highest BCUT2D eigenvalue weighted by Gasteiger charge is 2.46. The molecule has 274 valence electrons. The quantitative estimate of drug-likeness (QED) is 0.126. The molecule has 54 heavy (non-hydrogen) atoms. The molecule has 2 aromatic heterocycles. The van der Waals surface area contributed by atoms with Crippen molar-refractivity contribution in [2.24, 2.45) is 4.99 Å². The Morgan fingerprint density at radius 3 is 2.35 bits per heavy atom. The van der Waals surface area contributed by atoms with E-state index in [1.165, 1.54) is 10.7 Å². The molecular formula is C38H33N7O9. The van der Waals surface area contributed by atoms with E-state index in [1.807, 2.05) is 30.3 Å². The highest BCUT2D eigenvalue weighted by molar-refractivity contribution is 6.56. The summed E-state index contributed by atoms with van der Waals surface area (Å²) in [7, 11) is 0. The molecule has 5 aromatic rings. The first-order chi connectivity index (χ1) is 26.3. The number of fused-ring (bicyclic) bond motifs is 3. The van der Waals surface area contributed by atoms with Gasteiger partial charge in [0.25, 0.3) is 11.8 Å². The molecule has 16 heteroatoms. The number of nitrogens with one attached hydrogen (secondary N) is 1. The predicted octanol–water partition coefficient (Wildman–Crippen LogP) is 2.90. The van der Waals surface area contributed by atoms with Crippen molar-refractivity contribution >= 4 is 51.7 Å². The normalized spacial score (nSPS) is 16.7. The molecule has 5 heterocycles. The molecule has 4 amide bonds. The second kappa shape index (κ2) is 14.6. The lowest BCUT2D eigenvalue weighted by Crippen LogP contribution is -2.54. The Labute approximate surface area is 306 Å². The molecule has 0 bridgehead atoms. The average Bonchev–Trinajstić information content (AvgIpc) is 3.91. The molecule has 3 aliphatic heterocycles. The molecular weight excluding hydrogens is 698 g/mol. The topological polar surface area (TPSA) is 197 Å². The van der Waals surface area contributed by atoms with Crippen LogP contribution in [-0.4, -0.2) is 104 Å². The molecule has 3 aliphatic rings. The van der Waals surface area contributed by atoms with E-state index in [2.05, 4.69) is 20.6 Å². The van der Waals surface area contributed by atoms with Crippen molar-refractivity contribution in [2.75, 3.05) is 33.0 Å². The maximum Gasteiger partial charge on any atom is 0.264 e. The molecule has 0 spiro atoms. The van der Waals surface area contributed by atoms with Gasteiger partial charge in [0.15, 0.2) is 0 Å². The standard InChI is InChI=1S/C38H33N7O9/c46-30-13-12-29(35(48)40-30)45-36(49)25-8-5-11-28(31(25)38(45)51)44-20-22(41-42-44)21-54-19-18-53-17-16-52-15-14-43-27-10-4-2-7-24(27)32(37(43)50)33-34(47)23-6-1-3-9-26(23)39-33/h1-11,20,29,50H,12-19,21H2,(H,40,46,48). The maximum atomic E-state index is 13.4. The number of rotatable bonds is 14. The third-order valence-corrected chi connectivity index (χ3v) is 9.46. The molecule has 2 N–H and O–H groups in total. The summed E-state index contributed by atoms with van der Waals surface area (Å²) < 4.78 is 20.2. The van der Waals surface area contributed by atoms with Crippen LogP contribution >= 0.6 is 0 Å².